The molecule has 0 aromatic heterocycles. The third kappa shape index (κ3) is 1.79. The molecule has 0 amide bonds. The second-order valence-electron chi connectivity index (χ2n) is 3.66. The summed E-state index contributed by atoms with van der Waals surface area (Å²) in [5.41, 5.74) is 0.635. The van der Waals surface area contributed by atoms with Gasteiger partial charge in [-0.3, -0.25) is 0 Å². The summed E-state index contributed by atoms with van der Waals surface area (Å²) in [7, 11) is 0. The molecule has 0 saturated carbocycles. The van der Waals surface area contributed by atoms with E-state index in [2.05, 4.69) is 6.07 Å². The molecule has 0 unspecified atom stereocenters. The van der Waals surface area contributed by atoms with Crippen molar-refractivity contribution in [3.8, 4) is 0 Å². The largest absolute Gasteiger partial charge is 0.207 e. The molecule has 0 fully saturated rings. The second kappa shape index (κ2) is 2.65. The Bertz CT molecular complexity index is 245. The fourth-order valence-corrected chi connectivity index (χ4v) is 1.02. The Labute approximate surface area is 67.1 Å². The fraction of sp³-hybridized carbons (Fsp3) is 0.400. The summed E-state index contributed by atoms with van der Waals surface area (Å²) in [6, 6.07) is 7.59. The highest BCUT2D eigenvalue weighted by Crippen LogP contribution is 2.23. The zero-order valence-electron chi connectivity index (χ0n) is 7.11. The predicted molar refractivity (Wildman–Crippen MR) is 43.9 cm³/mol. The van der Waals surface area contributed by atoms with Crippen LogP contribution in [0.5, 0.6) is 0 Å². The molecule has 11 heavy (non-hydrogen) atoms. The van der Waals surface area contributed by atoms with Crippen molar-refractivity contribution in [2.75, 3.05) is 0 Å². The van der Waals surface area contributed by atoms with Gasteiger partial charge in [0.2, 0.25) is 0 Å². The van der Waals surface area contributed by atoms with Crippen LogP contribution in [0.3, 0.4) is 0 Å². The first-order chi connectivity index (χ1) is 5.02. The molecule has 0 aliphatic heterocycles. The van der Waals surface area contributed by atoms with Crippen molar-refractivity contribution in [3.05, 3.63) is 35.6 Å². The Morgan fingerprint density at radius 2 is 2.00 bits per heavy atom. The first kappa shape index (κ1) is 8.25. The lowest BCUT2D eigenvalue weighted by atomic mass is 9.87. The van der Waals surface area contributed by atoms with E-state index in [9.17, 15) is 4.39 Å². The summed E-state index contributed by atoms with van der Waals surface area (Å²) in [6.07, 6.45) is 0. The SMILES string of the molecule is CC(C)(C)c1cc[c]cc1F. The quantitative estimate of drug-likeness (QED) is 0.534. The van der Waals surface area contributed by atoms with Crippen LogP contribution in [0, 0.1) is 11.9 Å². The monoisotopic (exact) mass is 151 g/mol. The molecule has 0 nitrogen and oxygen atoms in total. The molecule has 1 aromatic carbocycles. The Hall–Kier alpha value is -0.850. The molecule has 1 aromatic rings. The van der Waals surface area contributed by atoms with E-state index < -0.39 is 0 Å². The van der Waals surface area contributed by atoms with E-state index in [1.165, 1.54) is 6.07 Å². The normalized spacial score (nSPS) is 11.6. The first-order valence-corrected chi connectivity index (χ1v) is 3.68. The average molecular weight is 151 g/mol. The first-order valence-electron chi connectivity index (χ1n) is 3.68. The third-order valence-electron chi connectivity index (χ3n) is 1.62. The van der Waals surface area contributed by atoms with Gasteiger partial charge in [-0.05, 0) is 23.1 Å². The van der Waals surface area contributed by atoms with Crippen LogP contribution in [0.1, 0.15) is 26.3 Å². The fourth-order valence-electron chi connectivity index (χ4n) is 1.02. The minimum absolute atomic E-state index is 0.112. The lowest BCUT2D eigenvalue weighted by Gasteiger charge is -2.18. The molecule has 0 atom stereocenters. The van der Waals surface area contributed by atoms with E-state index in [0.717, 1.165) is 5.56 Å². The Morgan fingerprint density at radius 1 is 1.36 bits per heavy atom. The molecule has 0 aliphatic rings. The highest BCUT2D eigenvalue weighted by Gasteiger charge is 2.16. The van der Waals surface area contributed by atoms with Crippen LogP contribution in [-0.2, 0) is 5.41 Å². The zero-order chi connectivity index (χ0) is 8.48. The van der Waals surface area contributed by atoms with Gasteiger partial charge in [-0.25, -0.2) is 4.39 Å². The van der Waals surface area contributed by atoms with Gasteiger partial charge in [0.05, 0.1) is 0 Å². The molecule has 0 bridgehead atoms. The van der Waals surface area contributed by atoms with Crippen molar-refractivity contribution < 1.29 is 4.39 Å². The van der Waals surface area contributed by atoms with Gasteiger partial charge in [0, 0.05) is 0 Å². The highest BCUT2D eigenvalue weighted by molar-refractivity contribution is 5.23. The number of hydrogen-bond acceptors (Lipinski definition) is 0. The van der Waals surface area contributed by atoms with Crippen LogP contribution in [0.25, 0.3) is 0 Å². The minimum Gasteiger partial charge on any atom is -0.207 e. The van der Waals surface area contributed by atoms with Gasteiger partial charge in [0.15, 0.2) is 0 Å². The van der Waals surface area contributed by atoms with Crippen LogP contribution in [-0.4, -0.2) is 0 Å². The van der Waals surface area contributed by atoms with Crippen LogP contribution >= 0.6 is 0 Å². The minimum atomic E-state index is -0.167. The maximum atomic E-state index is 13.1. The Kier molecular flexibility index (Phi) is 1.99. The molecule has 0 heterocycles. The third-order valence-corrected chi connectivity index (χ3v) is 1.62. The standard InChI is InChI=1S/C10H12F/c1-10(2,3)8-6-4-5-7-9(8)11/h4,6-7H,1-3H3. The molecule has 59 valence electrons. The topological polar surface area (TPSA) is 0 Å². The zero-order valence-corrected chi connectivity index (χ0v) is 7.11. The van der Waals surface area contributed by atoms with E-state index in [4.69, 9.17) is 0 Å². The van der Waals surface area contributed by atoms with Crippen molar-refractivity contribution in [1.82, 2.24) is 0 Å². The maximum Gasteiger partial charge on any atom is 0.127 e. The molecule has 1 rings (SSSR count). The second-order valence-corrected chi connectivity index (χ2v) is 3.66. The summed E-state index contributed by atoms with van der Waals surface area (Å²) >= 11 is 0. The van der Waals surface area contributed by atoms with Crippen molar-refractivity contribution in [3.63, 3.8) is 0 Å². The van der Waals surface area contributed by atoms with E-state index in [1.807, 2.05) is 20.8 Å². The number of benzene rings is 1. The summed E-state index contributed by atoms with van der Waals surface area (Å²) < 4.78 is 13.1. The van der Waals surface area contributed by atoms with Gasteiger partial charge < -0.3 is 0 Å². The molecule has 0 spiro atoms. The van der Waals surface area contributed by atoms with E-state index in [0.29, 0.717) is 0 Å². The summed E-state index contributed by atoms with van der Waals surface area (Å²) in [5, 5.41) is 0. The van der Waals surface area contributed by atoms with Crippen molar-refractivity contribution in [1.29, 1.82) is 0 Å². The van der Waals surface area contributed by atoms with Crippen molar-refractivity contribution in [2.24, 2.45) is 0 Å². The molecule has 0 aliphatic carbocycles. The van der Waals surface area contributed by atoms with Gasteiger partial charge >= 0.3 is 0 Å². The molecule has 1 heteroatoms. The van der Waals surface area contributed by atoms with Gasteiger partial charge in [0.1, 0.15) is 5.82 Å². The Morgan fingerprint density at radius 3 is 2.36 bits per heavy atom. The molecule has 0 N–H and O–H groups in total. The predicted octanol–water partition coefficient (Wildman–Crippen LogP) is 2.92. The number of rotatable bonds is 0. The summed E-state index contributed by atoms with van der Waals surface area (Å²) in [4.78, 5) is 0. The van der Waals surface area contributed by atoms with Crippen molar-refractivity contribution >= 4 is 0 Å². The van der Waals surface area contributed by atoms with Crippen LogP contribution in [0.4, 0.5) is 4.39 Å². The van der Waals surface area contributed by atoms with Gasteiger partial charge in [0.25, 0.3) is 0 Å². The lowest BCUT2D eigenvalue weighted by Crippen LogP contribution is -2.12. The van der Waals surface area contributed by atoms with Gasteiger partial charge in [-0.1, -0.05) is 32.9 Å². The van der Waals surface area contributed by atoms with Gasteiger partial charge in [-0.15, -0.1) is 0 Å². The molecule has 1 radical (unpaired) electrons. The number of halogens is 1. The van der Waals surface area contributed by atoms with Crippen LogP contribution in [0.2, 0.25) is 0 Å². The molecular weight excluding hydrogens is 139 g/mol. The summed E-state index contributed by atoms with van der Waals surface area (Å²) in [6.45, 7) is 5.97. The highest BCUT2D eigenvalue weighted by atomic mass is 19.1. The molecular formula is C10H12F. The lowest BCUT2D eigenvalue weighted by molar-refractivity contribution is 0.523. The van der Waals surface area contributed by atoms with E-state index in [1.54, 1.807) is 12.1 Å². The van der Waals surface area contributed by atoms with E-state index in [-0.39, 0.29) is 11.2 Å². The van der Waals surface area contributed by atoms with Crippen LogP contribution < -0.4 is 0 Å². The maximum absolute atomic E-state index is 13.1. The smallest absolute Gasteiger partial charge is 0.127 e. The number of hydrogen-bond donors (Lipinski definition) is 0. The average Bonchev–Trinajstić information content (AvgIpc) is 1.86. The van der Waals surface area contributed by atoms with Gasteiger partial charge in [-0.2, -0.15) is 0 Å². The Balaban J connectivity index is 3.14. The summed E-state index contributed by atoms with van der Waals surface area (Å²) in [5.74, 6) is -0.167. The van der Waals surface area contributed by atoms with Crippen LogP contribution in [0.15, 0.2) is 18.2 Å². The van der Waals surface area contributed by atoms with Crippen molar-refractivity contribution in [2.45, 2.75) is 26.2 Å². The van der Waals surface area contributed by atoms with E-state index >= 15 is 0 Å². The molecule has 0 saturated heterocycles.